The predicted molar refractivity (Wildman–Crippen MR) is 81.5 cm³/mol. The predicted octanol–water partition coefficient (Wildman–Crippen LogP) is -0.273. The Labute approximate surface area is 124 Å². The summed E-state index contributed by atoms with van der Waals surface area (Å²) >= 11 is 3.24. The molecule has 0 aliphatic heterocycles. The van der Waals surface area contributed by atoms with Gasteiger partial charge in [0.05, 0.1) is 24.2 Å². The minimum atomic E-state index is -4.33. The van der Waals surface area contributed by atoms with E-state index >= 15 is 0 Å². The standard InChI is InChI=1S/2C6H15N.H2O3S2/c2*1-5(2)7-6(3)4;1-5(2,3)4/h2*5-7H,1-4H3;(H2,1,2,3,4). The van der Waals surface area contributed by atoms with Crippen molar-refractivity contribution in [2.24, 2.45) is 0 Å². The molecule has 0 aromatic rings. The molecule has 0 atom stereocenters. The topological polar surface area (TPSA) is 96.4 Å². The van der Waals surface area contributed by atoms with Crippen LogP contribution in [0.4, 0.5) is 0 Å². The lowest BCUT2D eigenvalue weighted by Gasteiger charge is -2.12. The van der Waals surface area contributed by atoms with E-state index in [1.165, 1.54) is 0 Å². The summed E-state index contributed by atoms with van der Waals surface area (Å²) in [6, 6.07) is 3.00. The van der Waals surface area contributed by atoms with Crippen molar-refractivity contribution in [3.8, 4) is 0 Å². The smallest absolute Gasteiger partial charge is 0.0803 e. The van der Waals surface area contributed by atoms with Crippen LogP contribution in [0.3, 0.4) is 0 Å². The number of hydrogen-bond donors (Lipinski definition) is 2. The zero-order valence-corrected chi connectivity index (χ0v) is 15.1. The highest BCUT2D eigenvalue weighted by Crippen LogP contribution is 1.68. The van der Waals surface area contributed by atoms with E-state index in [9.17, 15) is 0 Å². The van der Waals surface area contributed by atoms with Crippen molar-refractivity contribution in [3.05, 3.63) is 0 Å². The van der Waals surface area contributed by atoms with Gasteiger partial charge >= 0.3 is 0 Å². The van der Waals surface area contributed by atoms with E-state index in [-0.39, 0.29) is 0 Å². The molecule has 0 spiro atoms. The third kappa shape index (κ3) is 71.0. The Morgan fingerprint density at radius 2 is 0.842 bits per heavy atom. The van der Waals surface area contributed by atoms with Crippen molar-refractivity contribution in [1.29, 1.82) is 0 Å². The molecule has 0 aliphatic carbocycles. The second-order valence-corrected chi connectivity index (χ2v) is 7.81. The van der Waals surface area contributed by atoms with E-state index in [0.717, 1.165) is 24.2 Å². The van der Waals surface area contributed by atoms with E-state index < -0.39 is 9.05 Å². The highest BCUT2D eigenvalue weighted by Gasteiger charge is 1.97. The van der Waals surface area contributed by atoms with Crippen LogP contribution in [0, 0.1) is 0 Å². The molecule has 0 aromatic heterocycles. The Morgan fingerprint density at radius 3 is 0.842 bits per heavy atom. The fourth-order valence-corrected chi connectivity index (χ4v) is 1.54. The monoisotopic (exact) mass is 316 g/mol. The molecular formula is C12H32N2O3S2. The number of rotatable bonds is 4. The molecule has 0 saturated heterocycles. The maximum Gasteiger partial charge on any atom is 0.0803 e. The van der Waals surface area contributed by atoms with Gasteiger partial charge in [0.25, 0.3) is 0 Å². The SMILES string of the molecule is CC(C)[NH2+]C(C)C.CC(C)[NH2+]C(C)C.O=S([O-])([O-])=S. The molecule has 0 amide bonds. The summed E-state index contributed by atoms with van der Waals surface area (Å²) in [5, 5.41) is 4.67. The lowest BCUT2D eigenvalue weighted by molar-refractivity contribution is -0.709. The molecule has 0 heterocycles. The van der Waals surface area contributed by atoms with Gasteiger partial charge in [-0.3, -0.25) is 4.21 Å². The van der Waals surface area contributed by atoms with Crippen LogP contribution in [0.5, 0.6) is 0 Å². The van der Waals surface area contributed by atoms with Crippen molar-refractivity contribution in [2.75, 3.05) is 0 Å². The van der Waals surface area contributed by atoms with Crippen LogP contribution >= 0.6 is 0 Å². The summed E-state index contributed by atoms with van der Waals surface area (Å²) < 4.78 is 26.7. The van der Waals surface area contributed by atoms with E-state index in [1.807, 2.05) is 0 Å². The summed E-state index contributed by atoms with van der Waals surface area (Å²) in [6.45, 7) is 17.7. The first-order valence-electron chi connectivity index (χ1n) is 6.62. The van der Waals surface area contributed by atoms with E-state index in [1.54, 1.807) is 0 Å². The number of nitrogens with two attached hydrogens (primary N) is 2. The highest BCUT2D eigenvalue weighted by atomic mass is 32.9. The van der Waals surface area contributed by atoms with Crippen LogP contribution in [0.15, 0.2) is 0 Å². The number of hydrogen-bond acceptors (Lipinski definition) is 4. The lowest BCUT2D eigenvalue weighted by atomic mass is 10.3. The van der Waals surface area contributed by atoms with Crippen LogP contribution in [-0.2, 0) is 20.2 Å². The molecule has 0 fully saturated rings. The average Bonchev–Trinajstić information content (AvgIpc) is 1.93. The third-order valence-corrected chi connectivity index (χ3v) is 1.54. The maximum atomic E-state index is 8.89. The molecule has 0 aliphatic rings. The quantitative estimate of drug-likeness (QED) is 0.746. The molecule has 4 N–H and O–H groups in total. The van der Waals surface area contributed by atoms with Crippen LogP contribution in [-0.4, -0.2) is 37.5 Å². The molecule has 5 nitrogen and oxygen atoms in total. The van der Waals surface area contributed by atoms with Gasteiger partial charge in [-0.05, 0) is 66.6 Å². The molecule has 0 bridgehead atoms. The van der Waals surface area contributed by atoms with Gasteiger partial charge < -0.3 is 19.7 Å². The maximum absolute atomic E-state index is 8.89. The van der Waals surface area contributed by atoms with Crippen molar-refractivity contribution in [1.82, 2.24) is 0 Å². The van der Waals surface area contributed by atoms with Gasteiger partial charge in [0.1, 0.15) is 0 Å². The van der Waals surface area contributed by atoms with Gasteiger partial charge in [0, 0.05) is 0 Å². The highest BCUT2D eigenvalue weighted by molar-refractivity contribution is 8.26. The summed E-state index contributed by atoms with van der Waals surface area (Å²) in [5.74, 6) is 0. The molecule has 0 unspecified atom stereocenters. The van der Waals surface area contributed by atoms with E-state index in [2.05, 4.69) is 77.2 Å². The minimum absolute atomic E-state index is 0.750. The Kier molecular flexibility index (Phi) is 16.8. The van der Waals surface area contributed by atoms with Crippen LogP contribution in [0.25, 0.3) is 0 Å². The van der Waals surface area contributed by atoms with Gasteiger partial charge in [0.2, 0.25) is 0 Å². The Morgan fingerprint density at radius 1 is 0.737 bits per heavy atom. The molecule has 19 heavy (non-hydrogen) atoms. The van der Waals surface area contributed by atoms with Crippen molar-refractivity contribution in [3.63, 3.8) is 0 Å². The van der Waals surface area contributed by atoms with Crippen molar-refractivity contribution < 1.29 is 23.9 Å². The molecular weight excluding hydrogens is 284 g/mol. The normalized spacial score (nSPS) is 11.3. The Balaban J connectivity index is -0.000000206. The van der Waals surface area contributed by atoms with Gasteiger partial charge in [-0.1, -0.05) is 0 Å². The molecule has 0 aromatic carbocycles. The molecule has 0 rings (SSSR count). The fraction of sp³-hybridized carbons (Fsp3) is 1.00. The fourth-order valence-electron chi connectivity index (χ4n) is 1.54. The second-order valence-electron chi connectivity index (χ2n) is 5.77. The third-order valence-electron chi connectivity index (χ3n) is 1.54. The first-order valence-corrected chi connectivity index (χ1v) is 8.95. The van der Waals surface area contributed by atoms with Crippen LogP contribution < -0.4 is 10.6 Å². The molecule has 0 saturated carbocycles. The largest absolute Gasteiger partial charge is 0.780 e. The van der Waals surface area contributed by atoms with E-state index in [4.69, 9.17) is 13.3 Å². The zero-order valence-electron chi connectivity index (χ0n) is 13.5. The Hall–Kier alpha value is 0.210. The number of quaternary nitrogens is 2. The van der Waals surface area contributed by atoms with E-state index in [0.29, 0.717) is 0 Å². The molecule has 7 heteroatoms. The summed E-state index contributed by atoms with van der Waals surface area (Å²) in [4.78, 5) is 0. The molecule has 120 valence electrons. The van der Waals surface area contributed by atoms with Gasteiger partial charge in [0.15, 0.2) is 0 Å². The zero-order chi connectivity index (χ0) is 16.2. The van der Waals surface area contributed by atoms with Crippen molar-refractivity contribution >= 4 is 20.2 Å². The molecule has 0 radical (unpaired) electrons. The van der Waals surface area contributed by atoms with Gasteiger partial charge in [-0.15, -0.1) is 9.05 Å². The summed E-state index contributed by atoms with van der Waals surface area (Å²) in [7, 11) is -4.33. The van der Waals surface area contributed by atoms with Crippen molar-refractivity contribution in [2.45, 2.75) is 79.6 Å². The van der Waals surface area contributed by atoms with Crippen LogP contribution in [0.1, 0.15) is 55.4 Å². The summed E-state index contributed by atoms with van der Waals surface area (Å²) in [5.41, 5.74) is 0. The van der Waals surface area contributed by atoms with Gasteiger partial charge in [-0.25, -0.2) is 0 Å². The minimum Gasteiger partial charge on any atom is -0.780 e. The summed E-state index contributed by atoms with van der Waals surface area (Å²) in [6.07, 6.45) is 0. The first kappa shape index (κ1) is 24.2. The van der Waals surface area contributed by atoms with Crippen LogP contribution in [0.2, 0.25) is 0 Å². The van der Waals surface area contributed by atoms with Gasteiger partial charge in [-0.2, -0.15) is 0 Å². The lowest BCUT2D eigenvalue weighted by Crippen LogP contribution is -2.92. The Bertz CT molecular complexity index is 243. The average molecular weight is 317 g/mol. The second kappa shape index (κ2) is 13.2. The first-order chi connectivity index (χ1) is 8.25.